The van der Waals surface area contributed by atoms with Gasteiger partial charge in [0.25, 0.3) is 0 Å². The molecule has 0 aliphatic carbocycles. The normalized spacial score (nSPS) is 11.0. The molecule has 0 fully saturated rings. The third-order valence-electron chi connectivity index (χ3n) is 3.01. The molecule has 0 saturated carbocycles. The predicted octanol–water partition coefficient (Wildman–Crippen LogP) is 3.27. The molecule has 0 spiro atoms. The van der Waals surface area contributed by atoms with Crippen LogP contribution in [0.5, 0.6) is 0 Å². The van der Waals surface area contributed by atoms with E-state index in [-0.39, 0.29) is 5.78 Å². The molecule has 0 aliphatic rings. The first-order valence-corrected chi connectivity index (χ1v) is 5.61. The first-order valence-electron chi connectivity index (χ1n) is 5.23. The molecule has 1 aromatic heterocycles. The van der Waals surface area contributed by atoms with Crippen molar-refractivity contribution in [2.45, 2.75) is 20.3 Å². The number of benzene rings is 1. The van der Waals surface area contributed by atoms with Gasteiger partial charge in [-0.1, -0.05) is 17.7 Å². The van der Waals surface area contributed by atoms with Crippen LogP contribution in [0.25, 0.3) is 10.9 Å². The van der Waals surface area contributed by atoms with E-state index in [0.29, 0.717) is 6.42 Å². The van der Waals surface area contributed by atoms with Crippen LogP contribution in [0.4, 0.5) is 0 Å². The van der Waals surface area contributed by atoms with Crippen molar-refractivity contribution in [2.75, 3.05) is 0 Å². The molecule has 0 aliphatic heterocycles. The lowest BCUT2D eigenvalue weighted by Gasteiger charge is -1.99. The van der Waals surface area contributed by atoms with Crippen LogP contribution in [0.15, 0.2) is 18.2 Å². The summed E-state index contributed by atoms with van der Waals surface area (Å²) in [5, 5.41) is 1.85. The molecule has 0 radical (unpaired) electrons. The van der Waals surface area contributed by atoms with Crippen molar-refractivity contribution >= 4 is 28.3 Å². The molecule has 0 atom stereocenters. The van der Waals surface area contributed by atoms with E-state index in [1.54, 1.807) is 6.92 Å². The highest BCUT2D eigenvalue weighted by Crippen LogP contribution is 2.27. The zero-order valence-electron chi connectivity index (χ0n) is 9.67. The Morgan fingerprint density at radius 1 is 1.44 bits per heavy atom. The van der Waals surface area contributed by atoms with Crippen molar-refractivity contribution in [2.24, 2.45) is 7.05 Å². The number of Topliss-reactive ketones (excluding diaryl/α,β-unsaturated/α-hetero) is 1. The van der Waals surface area contributed by atoms with Crippen molar-refractivity contribution in [1.82, 2.24) is 4.57 Å². The molecule has 0 N–H and O–H groups in total. The molecule has 16 heavy (non-hydrogen) atoms. The Bertz CT molecular complexity index is 569. The Labute approximate surface area is 99.8 Å². The highest BCUT2D eigenvalue weighted by molar-refractivity contribution is 6.31. The number of aryl methyl sites for hydroxylation is 1. The fourth-order valence-electron chi connectivity index (χ4n) is 2.09. The maximum absolute atomic E-state index is 11.2. The number of halogens is 1. The molecule has 0 saturated heterocycles. The molecule has 0 bridgehead atoms. The molecule has 2 nitrogen and oxygen atoms in total. The van der Waals surface area contributed by atoms with Crippen molar-refractivity contribution in [1.29, 1.82) is 0 Å². The maximum atomic E-state index is 11.2. The van der Waals surface area contributed by atoms with Gasteiger partial charge >= 0.3 is 0 Å². The average Bonchev–Trinajstić information content (AvgIpc) is 2.43. The van der Waals surface area contributed by atoms with Gasteiger partial charge in [-0.05, 0) is 31.5 Å². The monoisotopic (exact) mass is 235 g/mol. The van der Waals surface area contributed by atoms with Crippen LogP contribution in [0.2, 0.25) is 5.02 Å². The summed E-state index contributed by atoms with van der Waals surface area (Å²) in [5.74, 6) is 0.186. The topological polar surface area (TPSA) is 22.0 Å². The quantitative estimate of drug-likeness (QED) is 0.783. The minimum Gasteiger partial charge on any atom is -0.348 e. The second-order valence-corrected chi connectivity index (χ2v) is 4.60. The summed E-state index contributed by atoms with van der Waals surface area (Å²) < 4.78 is 2.08. The number of nitrogens with zero attached hydrogens (tertiary/aromatic N) is 1. The van der Waals surface area contributed by atoms with Crippen molar-refractivity contribution in [3.05, 3.63) is 34.5 Å². The molecular formula is C13H14ClNO. The maximum Gasteiger partial charge on any atom is 0.134 e. The lowest BCUT2D eigenvalue weighted by Crippen LogP contribution is -1.98. The van der Waals surface area contributed by atoms with E-state index in [4.69, 9.17) is 11.6 Å². The van der Waals surface area contributed by atoms with Crippen LogP contribution in [0.1, 0.15) is 18.2 Å². The highest BCUT2D eigenvalue weighted by Gasteiger charge is 2.13. The fraction of sp³-hybridized carbons (Fsp3) is 0.308. The van der Waals surface area contributed by atoms with Crippen LogP contribution in [0, 0.1) is 6.92 Å². The molecule has 2 rings (SSSR count). The van der Waals surface area contributed by atoms with Gasteiger partial charge in [-0.3, -0.25) is 4.79 Å². The van der Waals surface area contributed by atoms with Crippen molar-refractivity contribution in [3.63, 3.8) is 0 Å². The van der Waals surface area contributed by atoms with Crippen molar-refractivity contribution < 1.29 is 4.79 Å². The van der Waals surface area contributed by atoms with E-state index in [9.17, 15) is 4.79 Å². The molecule has 0 unspecified atom stereocenters. The Morgan fingerprint density at radius 3 is 2.75 bits per heavy atom. The summed E-state index contributed by atoms with van der Waals surface area (Å²) in [6, 6.07) is 5.80. The van der Waals surface area contributed by atoms with Gasteiger partial charge < -0.3 is 4.57 Å². The van der Waals surface area contributed by atoms with Gasteiger partial charge in [0.2, 0.25) is 0 Å². The van der Waals surface area contributed by atoms with Gasteiger partial charge in [-0.25, -0.2) is 0 Å². The number of rotatable bonds is 2. The number of carbonyl (C=O) groups excluding carboxylic acids is 1. The van der Waals surface area contributed by atoms with E-state index in [2.05, 4.69) is 4.57 Å². The fourth-order valence-corrected chi connectivity index (χ4v) is 2.25. The molecule has 3 heteroatoms. The Hall–Kier alpha value is -1.28. The average molecular weight is 236 g/mol. The lowest BCUT2D eigenvalue weighted by atomic mass is 10.1. The van der Waals surface area contributed by atoms with E-state index < -0.39 is 0 Å². The number of aromatic nitrogens is 1. The number of hydrogen-bond donors (Lipinski definition) is 0. The van der Waals surface area contributed by atoms with Gasteiger partial charge in [0, 0.05) is 35.1 Å². The van der Waals surface area contributed by atoms with Gasteiger partial charge in [0.15, 0.2) is 0 Å². The molecule has 0 amide bonds. The highest BCUT2D eigenvalue weighted by atomic mass is 35.5. The summed E-state index contributed by atoms with van der Waals surface area (Å²) >= 11 is 5.98. The first kappa shape index (κ1) is 11.2. The molecule has 84 valence electrons. The SMILES string of the molecule is CC(=O)Cc1c(C)n(C)c2cc(Cl)ccc12. The second kappa shape index (κ2) is 3.95. The Kier molecular flexibility index (Phi) is 2.76. The largest absolute Gasteiger partial charge is 0.348 e. The molecular weight excluding hydrogens is 222 g/mol. The molecule has 1 heterocycles. The zero-order chi connectivity index (χ0) is 11.9. The number of fused-ring (bicyclic) bond motifs is 1. The van der Waals surface area contributed by atoms with Crippen LogP contribution in [0.3, 0.4) is 0 Å². The summed E-state index contributed by atoms with van der Waals surface area (Å²) in [6.45, 7) is 3.65. The van der Waals surface area contributed by atoms with E-state index in [1.165, 1.54) is 0 Å². The molecule has 2 aromatic rings. The minimum atomic E-state index is 0.186. The van der Waals surface area contributed by atoms with E-state index in [0.717, 1.165) is 27.2 Å². The number of ketones is 1. The summed E-state index contributed by atoms with van der Waals surface area (Å²) in [6.07, 6.45) is 0.491. The van der Waals surface area contributed by atoms with Crippen LogP contribution < -0.4 is 0 Å². The van der Waals surface area contributed by atoms with Gasteiger partial charge in [-0.15, -0.1) is 0 Å². The van der Waals surface area contributed by atoms with Crippen LogP contribution in [-0.4, -0.2) is 10.4 Å². The third-order valence-corrected chi connectivity index (χ3v) is 3.25. The lowest BCUT2D eigenvalue weighted by molar-refractivity contribution is -0.116. The van der Waals surface area contributed by atoms with Crippen LogP contribution >= 0.6 is 11.6 Å². The first-order chi connectivity index (χ1) is 7.50. The summed E-state index contributed by atoms with van der Waals surface area (Å²) in [7, 11) is 2.00. The number of carbonyl (C=O) groups is 1. The third kappa shape index (κ3) is 1.74. The second-order valence-electron chi connectivity index (χ2n) is 4.16. The zero-order valence-corrected chi connectivity index (χ0v) is 10.4. The standard InChI is InChI=1S/C13H14ClNO/c1-8(16)6-12-9(2)15(3)13-7-10(14)4-5-11(12)13/h4-5,7H,6H2,1-3H3. The summed E-state index contributed by atoms with van der Waals surface area (Å²) in [4.78, 5) is 11.2. The Morgan fingerprint density at radius 2 is 2.12 bits per heavy atom. The molecule has 1 aromatic carbocycles. The smallest absolute Gasteiger partial charge is 0.134 e. The van der Waals surface area contributed by atoms with Crippen molar-refractivity contribution in [3.8, 4) is 0 Å². The van der Waals surface area contributed by atoms with E-state index in [1.807, 2.05) is 32.2 Å². The van der Waals surface area contributed by atoms with Crippen LogP contribution in [-0.2, 0) is 18.3 Å². The summed E-state index contributed by atoms with van der Waals surface area (Å²) in [5.41, 5.74) is 3.33. The van der Waals surface area contributed by atoms with Gasteiger partial charge in [0.1, 0.15) is 5.78 Å². The Balaban J connectivity index is 2.73. The van der Waals surface area contributed by atoms with Gasteiger partial charge in [0.05, 0.1) is 0 Å². The minimum absolute atomic E-state index is 0.186. The van der Waals surface area contributed by atoms with Gasteiger partial charge in [-0.2, -0.15) is 0 Å². The van der Waals surface area contributed by atoms with E-state index >= 15 is 0 Å². The number of hydrogen-bond acceptors (Lipinski definition) is 1. The predicted molar refractivity (Wildman–Crippen MR) is 67.1 cm³/mol.